The molecule has 240 valence electrons. The molecular formula is C36H47ClFNO5. The second-order valence-corrected chi connectivity index (χ2v) is 13.3. The molecule has 3 aliphatic carbocycles. The average Bonchev–Trinajstić information content (AvgIpc) is 3.23. The van der Waals surface area contributed by atoms with Gasteiger partial charge in [0.2, 0.25) is 0 Å². The van der Waals surface area contributed by atoms with Gasteiger partial charge in [-0.15, -0.1) is 0 Å². The number of ketones is 1. The summed E-state index contributed by atoms with van der Waals surface area (Å²) in [5.41, 5.74) is 1.51. The molecule has 1 saturated carbocycles. The highest BCUT2D eigenvalue weighted by atomic mass is 35.5. The van der Waals surface area contributed by atoms with Crippen LogP contribution in [-0.4, -0.2) is 58.4 Å². The van der Waals surface area contributed by atoms with E-state index >= 15 is 0 Å². The van der Waals surface area contributed by atoms with Gasteiger partial charge in [-0.25, -0.2) is 9.18 Å². The van der Waals surface area contributed by atoms with Crippen LogP contribution in [0.3, 0.4) is 0 Å². The number of carbonyl (C=O) groups is 2. The van der Waals surface area contributed by atoms with Crippen LogP contribution < -0.4 is 0 Å². The van der Waals surface area contributed by atoms with E-state index in [9.17, 15) is 24.2 Å². The van der Waals surface area contributed by atoms with E-state index in [2.05, 4.69) is 19.9 Å². The Bertz CT molecular complexity index is 1360. The highest BCUT2D eigenvalue weighted by Crippen LogP contribution is 2.58. The van der Waals surface area contributed by atoms with Gasteiger partial charge < -0.3 is 19.8 Å². The van der Waals surface area contributed by atoms with E-state index in [1.807, 2.05) is 25.1 Å². The fraction of sp³-hybridized carbons (Fsp3) is 0.556. The van der Waals surface area contributed by atoms with E-state index in [4.69, 9.17) is 16.3 Å². The van der Waals surface area contributed by atoms with E-state index in [-0.39, 0.29) is 41.9 Å². The van der Waals surface area contributed by atoms with Crippen molar-refractivity contribution in [1.29, 1.82) is 0 Å². The number of benzene rings is 2. The van der Waals surface area contributed by atoms with Crippen molar-refractivity contribution in [2.24, 2.45) is 5.41 Å². The van der Waals surface area contributed by atoms with E-state index < -0.39 is 29.0 Å². The number of hydrogen-bond donors (Lipinski definition) is 2. The molecule has 1 amide bonds. The van der Waals surface area contributed by atoms with Crippen molar-refractivity contribution >= 4 is 23.5 Å². The summed E-state index contributed by atoms with van der Waals surface area (Å²) in [6.45, 7) is 8.75. The lowest BCUT2D eigenvalue weighted by atomic mass is 9.64. The van der Waals surface area contributed by atoms with Crippen molar-refractivity contribution in [3.63, 3.8) is 0 Å². The summed E-state index contributed by atoms with van der Waals surface area (Å²) in [7, 11) is 0. The Kier molecular flexibility index (Phi) is 11.3. The largest absolute Gasteiger partial charge is 0.450 e. The fourth-order valence-corrected chi connectivity index (χ4v) is 7.46. The zero-order valence-corrected chi connectivity index (χ0v) is 27.3. The lowest BCUT2D eigenvalue weighted by Gasteiger charge is -2.46. The molecule has 0 unspecified atom stereocenters. The molecule has 1 fully saturated rings. The quantitative estimate of drug-likeness (QED) is 0.230. The van der Waals surface area contributed by atoms with Crippen LogP contribution in [0.2, 0.25) is 5.02 Å². The molecule has 0 saturated heterocycles. The third-order valence-corrected chi connectivity index (χ3v) is 10.2. The van der Waals surface area contributed by atoms with E-state index in [1.54, 1.807) is 17.9 Å². The predicted octanol–water partition coefficient (Wildman–Crippen LogP) is 7.81. The molecule has 3 aliphatic rings. The van der Waals surface area contributed by atoms with Gasteiger partial charge in [0.25, 0.3) is 0 Å². The molecule has 0 spiro atoms. The van der Waals surface area contributed by atoms with Gasteiger partial charge in [0, 0.05) is 34.5 Å². The maximum Gasteiger partial charge on any atom is 0.409 e. The van der Waals surface area contributed by atoms with Crippen LogP contribution in [0.1, 0.15) is 106 Å². The number of halogens is 2. The summed E-state index contributed by atoms with van der Waals surface area (Å²) >= 11 is 6.32. The molecule has 5 rings (SSSR count). The van der Waals surface area contributed by atoms with Crippen LogP contribution >= 0.6 is 11.6 Å². The zero-order chi connectivity index (χ0) is 32.1. The molecule has 4 atom stereocenters. The first kappa shape index (κ1) is 34.1. The van der Waals surface area contributed by atoms with Crippen molar-refractivity contribution in [3.05, 3.63) is 81.1 Å². The number of fused-ring (bicyclic) bond motifs is 8. The summed E-state index contributed by atoms with van der Waals surface area (Å²) in [5.74, 6) is -0.995. The minimum absolute atomic E-state index is 0.133. The van der Waals surface area contributed by atoms with Crippen molar-refractivity contribution in [3.8, 4) is 0 Å². The molecular weight excluding hydrogens is 581 g/mol. The van der Waals surface area contributed by atoms with Gasteiger partial charge in [0.15, 0.2) is 5.78 Å². The minimum Gasteiger partial charge on any atom is -0.450 e. The monoisotopic (exact) mass is 627 g/mol. The topological polar surface area (TPSA) is 87.1 Å². The molecule has 2 aromatic rings. The van der Waals surface area contributed by atoms with Gasteiger partial charge in [0.1, 0.15) is 5.82 Å². The smallest absolute Gasteiger partial charge is 0.409 e. The highest BCUT2D eigenvalue weighted by Gasteiger charge is 2.57. The Labute approximate surface area is 266 Å². The Morgan fingerprint density at radius 3 is 2.64 bits per heavy atom. The summed E-state index contributed by atoms with van der Waals surface area (Å²) in [4.78, 5) is 28.6. The van der Waals surface area contributed by atoms with Crippen LogP contribution in [0.5, 0.6) is 0 Å². The Balaban J connectivity index is 1.82. The second-order valence-electron chi connectivity index (χ2n) is 12.9. The van der Waals surface area contributed by atoms with Gasteiger partial charge in [-0.2, -0.15) is 0 Å². The van der Waals surface area contributed by atoms with Crippen LogP contribution in [0.25, 0.3) is 0 Å². The third-order valence-electron chi connectivity index (χ3n) is 9.84. The minimum atomic E-state index is -1.23. The summed E-state index contributed by atoms with van der Waals surface area (Å²) in [6.07, 6.45) is 5.83. The molecule has 0 radical (unpaired) electrons. The van der Waals surface area contributed by atoms with Gasteiger partial charge in [-0.05, 0) is 100 Å². The van der Waals surface area contributed by atoms with Gasteiger partial charge in [0.05, 0.1) is 24.9 Å². The highest BCUT2D eigenvalue weighted by molar-refractivity contribution is 6.31. The summed E-state index contributed by atoms with van der Waals surface area (Å²) < 4.78 is 20.1. The lowest BCUT2D eigenvalue weighted by molar-refractivity contribution is -0.0809. The van der Waals surface area contributed by atoms with Crippen LogP contribution in [-0.2, 0) is 17.6 Å². The van der Waals surface area contributed by atoms with E-state index in [0.717, 1.165) is 24.0 Å². The normalized spacial score (nSPS) is 25.6. The molecule has 8 heteroatoms. The first-order chi connectivity index (χ1) is 20.9. The number of carbonyl (C=O) groups excluding carboxylic acids is 2. The second kappa shape index (κ2) is 14.6. The number of allylic oxidation sites excluding steroid dienone is 2. The molecule has 0 heterocycles. The first-order valence-corrected chi connectivity index (χ1v) is 16.4. The molecule has 2 N–H and O–H groups in total. The summed E-state index contributed by atoms with van der Waals surface area (Å²) in [6, 6.07) is 10.1. The average molecular weight is 628 g/mol. The first-order valence-electron chi connectivity index (χ1n) is 16.0. The number of ether oxygens (including phenoxy) is 1. The number of aliphatic hydroxyl groups excluding tert-OH is 1. The molecule has 2 bridgehead atoms. The third kappa shape index (κ3) is 7.38. The molecule has 44 heavy (non-hydrogen) atoms. The number of nitrogens with zero attached hydrogens (tertiary/aromatic N) is 1. The SMILES string of the molecule is CCCN(C[C@]1(O)CC[C@H]2c3ccc(cc3C(=O)Cc3c(F)cccc3Cl)C[C@@H](O)CCC(C)=CCC[C@@]21C)C(=O)OCC. The molecule has 0 aliphatic heterocycles. The van der Waals surface area contributed by atoms with Gasteiger partial charge in [-0.1, -0.05) is 55.3 Å². The maximum absolute atomic E-state index is 14.8. The lowest BCUT2D eigenvalue weighted by Crippen LogP contribution is -2.54. The number of Topliss-reactive ketones (excluding diaryl/α,β-unsaturated/α-hetero) is 1. The molecule has 2 aromatic carbocycles. The van der Waals surface area contributed by atoms with Crippen molar-refractivity contribution < 1.29 is 28.9 Å². The Hall–Kier alpha value is -2.74. The van der Waals surface area contributed by atoms with Gasteiger partial charge >= 0.3 is 6.09 Å². The number of aliphatic hydroxyl groups is 2. The number of rotatable bonds is 8. The van der Waals surface area contributed by atoms with E-state index in [1.165, 1.54) is 17.7 Å². The number of hydrogen-bond acceptors (Lipinski definition) is 5. The fourth-order valence-electron chi connectivity index (χ4n) is 7.23. The van der Waals surface area contributed by atoms with Crippen molar-refractivity contribution in [2.45, 2.75) is 103 Å². The van der Waals surface area contributed by atoms with Crippen LogP contribution in [0, 0.1) is 11.2 Å². The van der Waals surface area contributed by atoms with Gasteiger partial charge in [-0.3, -0.25) is 4.79 Å². The van der Waals surface area contributed by atoms with E-state index in [0.29, 0.717) is 50.6 Å². The predicted molar refractivity (Wildman–Crippen MR) is 172 cm³/mol. The summed E-state index contributed by atoms with van der Waals surface area (Å²) in [5, 5.41) is 23.5. The standard InChI is InChI=1S/C36H47ClFNO5/c1-5-19-39(34(42)44-6-2)23-36(43)18-16-30-27-15-13-25(20-26(40)14-12-24(3)9-8-17-35(30,36)4)21-28(27)33(41)22-29-31(37)10-7-11-32(29)38/h7,9-11,13,15,21,26,30,40,43H,5-6,8,12,14,16-20,22-23H2,1-4H3/t26-,30-,35-,36+/m0/s1. The zero-order valence-electron chi connectivity index (χ0n) is 26.5. The molecule has 0 aromatic heterocycles. The molecule has 6 nitrogen and oxygen atoms in total. The Morgan fingerprint density at radius 1 is 1.16 bits per heavy atom. The number of amides is 1. The Morgan fingerprint density at radius 2 is 1.93 bits per heavy atom. The van der Waals surface area contributed by atoms with Crippen molar-refractivity contribution in [2.75, 3.05) is 19.7 Å². The van der Waals surface area contributed by atoms with Crippen molar-refractivity contribution in [1.82, 2.24) is 4.90 Å². The van der Waals surface area contributed by atoms with Crippen LogP contribution in [0.15, 0.2) is 48.0 Å². The maximum atomic E-state index is 14.8. The van der Waals surface area contributed by atoms with Crippen LogP contribution in [0.4, 0.5) is 9.18 Å².